The standard InChI is InChI=1S/C52H101NO5/c1-3-5-7-9-11-13-15-17-18-19-21-26-30-34-38-42-46-52(57)58-47-43-39-35-31-27-23-22-25-29-33-37-41-45-51(56)53-49(48-54)50(55)44-40-36-32-28-24-20-16-14-12-10-8-6-4-2/h18-19,49-50,54-55H,3-17,20-48H2,1-2H3,(H,53,56)/b19-18-. The number of aliphatic hydroxyl groups is 2. The number of hydrogen-bond donors (Lipinski definition) is 3. The topological polar surface area (TPSA) is 95.9 Å². The summed E-state index contributed by atoms with van der Waals surface area (Å²) in [5, 5.41) is 23.2. The summed E-state index contributed by atoms with van der Waals surface area (Å²) in [5.74, 6) is -0.0668. The quantitative estimate of drug-likeness (QED) is 0.0323. The molecule has 6 nitrogen and oxygen atoms in total. The average molecular weight is 820 g/mol. The van der Waals surface area contributed by atoms with E-state index in [0.717, 1.165) is 57.8 Å². The van der Waals surface area contributed by atoms with E-state index in [1.165, 1.54) is 193 Å². The van der Waals surface area contributed by atoms with Gasteiger partial charge in [-0.05, 0) is 51.4 Å². The van der Waals surface area contributed by atoms with Crippen LogP contribution in [0.3, 0.4) is 0 Å². The normalized spacial score (nSPS) is 12.7. The second-order valence-corrected chi connectivity index (χ2v) is 17.9. The lowest BCUT2D eigenvalue weighted by atomic mass is 10.0. The van der Waals surface area contributed by atoms with Gasteiger partial charge in [0.1, 0.15) is 0 Å². The van der Waals surface area contributed by atoms with E-state index in [1.807, 2.05) is 0 Å². The molecule has 0 aliphatic carbocycles. The highest BCUT2D eigenvalue weighted by Crippen LogP contribution is 2.16. The fourth-order valence-corrected chi connectivity index (χ4v) is 8.05. The van der Waals surface area contributed by atoms with E-state index in [1.54, 1.807) is 0 Å². The summed E-state index contributed by atoms with van der Waals surface area (Å²) in [7, 11) is 0. The lowest BCUT2D eigenvalue weighted by molar-refractivity contribution is -0.143. The van der Waals surface area contributed by atoms with Gasteiger partial charge in [0.25, 0.3) is 0 Å². The molecule has 0 aliphatic heterocycles. The number of aliphatic hydroxyl groups excluding tert-OH is 2. The zero-order chi connectivity index (χ0) is 42.3. The van der Waals surface area contributed by atoms with Crippen molar-refractivity contribution < 1.29 is 24.5 Å². The monoisotopic (exact) mass is 820 g/mol. The maximum absolute atomic E-state index is 12.4. The predicted octanol–water partition coefficient (Wildman–Crippen LogP) is 15.3. The summed E-state index contributed by atoms with van der Waals surface area (Å²) in [4.78, 5) is 24.5. The summed E-state index contributed by atoms with van der Waals surface area (Å²) in [5.41, 5.74) is 0. The van der Waals surface area contributed by atoms with E-state index in [0.29, 0.717) is 25.9 Å². The van der Waals surface area contributed by atoms with Gasteiger partial charge >= 0.3 is 5.97 Å². The van der Waals surface area contributed by atoms with Crippen molar-refractivity contribution in [3.05, 3.63) is 12.2 Å². The van der Waals surface area contributed by atoms with E-state index in [-0.39, 0.29) is 18.5 Å². The molecule has 0 radical (unpaired) electrons. The number of esters is 1. The molecule has 0 aromatic heterocycles. The van der Waals surface area contributed by atoms with Crippen LogP contribution in [0.4, 0.5) is 0 Å². The highest BCUT2D eigenvalue weighted by atomic mass is 16.5. The van der Waals surface area contributed by atoms with Gasteiger partial charge in [0.05, 0.1) is 25.4 Å². The fourth-order valence-electron chi connectivity index (χ4n) is 8.05. The summed E-state index contributed by atoms with van der Waals surface area (Å²) in [6, 6.07) is -0.552. The summed E-state index contributed by atoms with van der Waals surface area (Å²) in [6.45, 7) is 4.91. The lowest BCUT2D eigenvalue weighted by Crippen LogP contribution is -2.45. The van der Waals surface area contributed by atoms with Crippen LogP contribution in [0.5, 0.6) is 0 Å². The number of nitrogens with one attached hydrogen (secondary N) is 1. The number of carbonyl (C=O) groups is 2. The number of rotatable bonds is 48. The molecular formula is C52H101NO5. The molecule has 0 aromatic rings. The van der Waals surface area contributed by atoms with Crippen LogP contribution in [-0.2, 0) is 14.3 Å². The Hall–Kier alpha value is -1.40. The van der Waals surface area contributed by atoms with E-state index < -0.39 is 12.1 Å². The van der Waals surface area contributed by atoms with E-state index >= 15 is 0 Å². The molecule has 2 atom stereocenters. The molecule has 1 amide bonds. The Morgan fingerprint density at radius 3 is 1.22 bits per heavy atom. The van der Waals surface area contributed by atoms with Crippen molar-refractivity contribution in [3.63, 3.8) is 0 Å². The highest BCUT2D eigenvalue weighted by Gasteiger charge is 2.20. The van der Waals surface area contributed by atoms with Crippen molar-refractivity contribution in [1.82, 2.24) is 5.32 Å². The Morgan fingerprint density at radius 1 is 0.466 bits per heavy atom. The largest absolute Gasteiger partial charge is 0.466 e. The summed E-state index contributed by atoms with van der Waals surface area (Å²) in [6.07, 6.45) is 54.6. The fraction of sp³-hybridized carbons (Fsp3) is 0.923. The molecule has 0 fully saturated rings. The Labute approximate surface area is 361 Å². The predicted molar refractivity (Wildman–Crippen MR) is 250 cm³/mol. The lowest BCUT2D eigenvalue weighted by Gasteiger charge is -2.22. The zero-order valence-corrected chi connectivity index (χ0v) is 39.0. The van der Waals surface area contributed by atoms with Crippen LogP contribution in [0, 0.1) is 0 Å². The van der Waals surface area contributed by atoms with Gasteiger partial charge in [0.2, 0.25) is 5.91 Å². The van der Waals surface area contributed by atoms with Gasteiger partial charge < -0.3 is 20.3 Å². The third-order valence-corrected chi connectivity index (χ3v) is 12.1. The first kappa shape index (κ1) is 56.6. The molecule has 0 saturated carbocycles. The van der Waals surface area contributed by atoms with Crippen LogP contribution in [0.2, 0.25) is 0 Å². The number of hydrogen-bond acceptors (Lipinski definition) is 5. The van der Waals surface area contributed by atoms with Crippen LogP contribution in [-0.4, -0.2) is 47.4 Å². The molecule has 0 aliphatic rings. The first-order valence-corrected chi connectivity index (χ1v) is 25.9. The smallest absolute Gasteiger partial charge is 0.305 e. The number of amides is 1. The summed E-state index contributed by atoms with van der Waals surface area (Å²) < 4.78 is 5.46. The van der Waals surface area contributed by atoms with Crippen molar-refractivity contribution >= 4 is 11.9 Å². The minimum absolute atomic E-state index is 0.0164. The Kier molecular flexibility index (Phi) is 47.1. The molecule has 3 N–H and O–H groups in total. The van der Waals surface area contributed by atoms with Gasteiger partial charge in [-0.1, -0.05) is 231 Å². The van der Waals surface area contributed by atoms with Crippen molar-refractivity contribution in [2.75, 3.05) is 13.2 Å². The van der Waals surface area contributed by atoms with Gasteiger partial charge in [-0.3, -0.25) is 9.59 Å². The van der Waals surface area contributed by atoms with Gasteiger partial charge in [0, 0.05) is 12.8 Å². The molecule has 0 bridgehead atoms. The SMILES string of the molecule is CCCCCCCCC/C=C\CCCCCCCC(=O)OCCCCCCCCCCCCCCC(=O)NC(CO)C(O)CCCCCCCCCCCCCCC. The molecule has 0 saturated heterocycles. The first-order chi connectivity index (χ1) is 28.5. The maximum Gasteiger partial charge on any atom is 0.305 e. The second-order valence-electron chi connectivity index (χ2n) is 17.9. The van der Waals surface area contributed by atoms with E-state index in [2.05, 4.69) is 31.3 Å². The van der Waals surface area contributed by atoms with Crippen LogP contribution >= 0.6 is 0 Å². The highest BCUT2D eigenvalue weighted by molar-refractivity contribution is 5.76. The first-order valence-electron chi connectivity index (χ1n) is 25.9. The molecule has 0 rings (SSSR count). The molecule has 0 spiro atoms. The molecule has 6 heteroatoms. The minimum atomic E-state index is -0.673. The average Bonchev–Trinajstić information content (AvgIpc) is 3.22. The minimum Gasteiger partial charge on any atom is -0.466 e. The van der Waals surface area contributed by atoms with Gasteiger partial charge in [-0.15, -0.1) is 0 Å². The van der Waals surface area contributed by atoms with Gasteiger partial charge in [0.15, 0.2) is 0 Å². The Balaban J connectivity index is 3.45. The number of allylic oxidation sites excluding steroid dienone is 2. The molecular weight excluding hydrogens is 719 g/mol. The number of unbranched alkanes of at least 4 members (excludes halogenated alkanes) is 35. The molecule has 0 heterocycles. The van der Waals surface area contributed by atoms with Crippen molar-refractivity contribution in [3.8, 4) is 0 Å². The number of ether oxygens (including phenoxy) is 1. The van der Waals surface area contributed by atoms with Crippen molar-refractivity contribution in [2.45, 2.75) is 296 Å². The maximum atomic E-state index is 12.4. The van der Waals surface area contributed by atoms with Crippen molar-refractivity contribution in [2.24, 2.45) is 0 Å². The third-order valence-electron chi connectivity index (χ3n) is 12.1. The van der Waals surface area contributed by atoms with Crippen molar-refractivity contribution in [1.29, 1.82) is 0 Å². The molecule has 344 valence electrons. The molecule has 58 heavy (non-hydrogen) atoms. The van der Waals surface area contributed by atoms with E-state index in [9.17, 15) is 19.8 Å². The van der Waals surface area contributed by atoms with Crippen LogP contribution in [0.15, 0.2) is 12.2 Å². The third kappa shape index (κ3) is 44.2. The molecule has 0 aromatic carbocycles. The van der Waals surface area contributed by atoms with Crippen LogP contribution in [0.1, 0.15) is 284 Å². The molecule has 2 unspecified atom stereocenters. The van der Waals surface area contributed by atoms with Crippen LogP contribution in [0.25, 0.3) is 0 Å². The second kappa shape index (κ2) is 48.3. The Morgan fingerprint density at radius 2 is 0.810 bits per heavy atom. The van der Waals surface area contributed by atoms with E-state index in [4.69, 9.17) is 4.74 Å². The zero-order valence-electron chi connectivity index (χ0n) is 39.0. The Bertz CT molecular complexity index is 863. The van der Waals surface area contributed by atoms with Gasteiger partial charge in [-0.2, -0.15) is 0 Å². The summed E-state index contributed by atoms with van der Waals surface area (Å²) >= 11 is 0. The number of carbonyl (C=O) groups excluding carboxylic acids is 2. The van der Waals surface area contributed by atoms with Gasteiger partial charge in [-0.25, -0.2) is 0 Å². The van der Waals surface area contributed by atoms with Crippen LogP contribution < -0.4 is 5.32 Å².